The highest BCUT2D eigenvalue weighted by Crippen LogP contribution is 1.79. The monoisotopic (exact) mass is 362 g/mol. The van der Waals surface area contributed by atoms with Gasteiger partial charge in [0.05, 0.1) is 0 Å². The van der Waals surface area contributed by atoms with Crippen molar-refractivity contribution in [2.24, 2.45) is 0 Å². The van der Waals surface area contributed by atoms with Gasteiger partial charge in [-0.15, -0.1) is 0 Å². The van der Waals surface area contributed by atoms with Crippen LogP contribution in [-0.4, -0.2) is 62.6 Å². The minimum absolute atomic E-state index is 0.748. The maximum absolute atomic E-state index is 5.09. The molecule has 0 aromatic rings. The fourth-order valence-corrected chi connectivity index (χ4v) is 2.36. The van der Waals surface area contributed by atoms with Gasteiger partial charge < -0.3 is 31.9 Å². The van der Waals surface area contributed by atoms with Gasteiger partial charge in [-0.2, -0.15) is 0 Å². The van der Waals surface area contributed by atoms with Crippen LogP contribution in [0.3, 0.4) is 0 Å². The largest absolute Gasteiger partial charge is 0.363 e. The summed E-state index contributed by atoms with van der Waals surface area (Å²) >= 11 is 10.2. The Morgan fingerprint density at radius 3 is 1.26 bits per heavy atom. The highest BCUT2D eigenvalue weighted by atomic mass is 32.1. The molecule has 23 heavy (non-hydrogen) atoms. The molecule has 0 atom stereocenters. The van der Waals surface area contributed by atoms with Gasteiger partial charge in [0.15, 0.2) is 10.2 Å². The third-order valence-corrected chi connectivity index (χ3v) is 3.59. The topological polar surface area (TPSA) is 72.2 Å². The predicted octanol–water partition coefficient (Wildman–Crippen LogP) is 0.304. The summed E-state index contributed by atoms with van der Waals surface area (Å²) in [6.07, 6.45) is 3.30. The molecule has 0 aromatic heterocycles. The fraction of sp³-hybridized carbons (Fsp3) is 0.867. The van der Waals surface area contributed by atoms with Gasteiger partial charge in [-0.05, 0) is 83.7 Å². The van der Waals surface area contributed by atoms with Gasteiger partial charge in [0, 0.05) is 26.2 Å². The van der Waals surface area contributed by atoms with Crippen LogP contribution in [0.25, 0.3) is 0 Å². The summed E-state index contributed by atoms with van der Waals surface area (Å²) in [6, 6.07) is 0. The van der Waals surface area contributed by atoms with E-state index in [1.54, 1.807) is 0 Å². The van der Waals surface area contributed by atoms with Crippen molar-refractivity contribution in [2.75, 3.05) is 52.4 Å². The van der Waals surface area contributed by atoms with Gasteiger partial charge in [0.2, 0.25) is 0 Å². The first-order valence-corrected chi connectivity index (χ1v) is 9.47. The van der Waals surface area contributed by atoms with Crippen LogP contribution in [0.4, 0.5) is 0 Å². The third-order valence-electron chi connectivity index (χ3n) is 3.01. The van der Waals surface area contributed by atoms with Crippen molar-refractivity contribution in [3.05, 3.63) is 0 Å². The van der Waals surface area contributed by atoms with E-state index in [1.807, 2.05) is 13.8 Å². The number of thiocarbonyl (C=S) groups is 2. The molecule has 0 aliphatic carbocycles. The number of hydrogen-bond donors (Lipinski definition) is 6. The second-order valence-electron chi connectivity index (χ2n) is 5.13. The van der Waals surface area contributed by atoms with E-state index in [2.05, 4.69) is 31.9 Å². The zero-order valence-electron chi connectivity index (χ0n) is 14.6. The molecule has 0 aliphatic heterocycles. The van der Waals surface area contributed by atoms with E-state index in [4.69, 9.17) is 24.4 Å². The SMILES string of the molecule is CCNC(=S)NCCCNCCCNCCCNC(=S)NCC. The molecule has 6 N–H and O–H groups in total. The molecule has 0 unspecified atom stereocenters. The van der Waals surface area contributed by atoms with E-state index < -0.39 is 0 Å². The first-order valence-electron chi connectivity index (χ1n) is 8.65. The van der Waals surface area contributed by atoms with Gasteiger partial charge in [-0.25, -0.2) is 0 Å². The van der Waals surface area contributed by atoms with Gasteiger partial charge >= 0.3 is 0 Å². The van der Waals surface area contributed by atoms with E-state index in [0.717, 1.165) is 81.8 Å². The summed E-state index contributed by atoms with van der Waals surface area (Å²) < 4.78 is 0. The Kier molecular flexibility index (Phi) is 17.1. The lowest BCUT2D eigenvalue weighted by molar-refractivity contribution is 0.571. The minimum atomic E-state index is 0.748. The molecule has 0 aromatic carbocycles. The average Bonchev–Trinajstić information content (AvgIpc) is 2.52. The van der Waals surface area contributed by atoms with Crippen LogP contribution in [0.1, 0.15) is 33.1 Å². The summed E-state index contributed by atoms with van der Waals surface area (Å²) in [5, 5.41) is 20.9. The molecule has 0 spiro atoms. The second kappa shape index (κ2) is 17.7. The molecule has 0 amide bonds. The summed E-state index contributed by atoms with van der Waals surface area (Å²) in [7, 11) is 0. The van der Waals surface area contributed by atoms with Crippen molar-refractivity contribution in [1.29, 1.82) is 0 Å². The van der Waals surface area contributed by atoms with Crippen molar-refractivity contribution in [1.82, 2.24) is 31.9 Å². The third kappa shape index (κ3) is 17.5. The first kappa shape index (κ1) is 22.3. The highest BCUT2D eigenvalue weighted by Gasteiger charge is 1.94. The Morgan fingerprint density at radius 1 is 0.565 bits per heavy atom. The van der Waals surface area contributed by atoms with Gasteiger partial charge in [-0.1, -0.05) is 0 Å². The predicted molar refractivity (Wildman–Crippen MR) is 108 cm³/mol. The van der Waals surface area contributed by atoms with E-state index in [0.29, 0.717) is 0 Å². The highest BCUT2D eigenvalue weighted by molar-refractivity contribution is 7.80. The average molecular weight is 363 g/mol. The number of rotatable bonds is 14. The van der Waals surface area contributed by atoms with E-state index >= 15 is 0 Å². The van der Waals surface area contributed by atoms with Crippen molar-refractivity contribution in [3.8, 4) is 0 Å². The minimum Gasteiger partial charge on any atom is -0.363 e. The Labute approximate surface area is 152 Å². The molecule has 0 fully saturated rings. The smallest absolute Gasteiger partial charge is 0.166 e. The quantitative estimate of drug-likeness (QED) is 0.195. The summed E-state index contributed by atoms with van der Waals surface area (Å²) in [4.78, 5) is 0. The molecule has 0 aliphatic rings. The lowest BCUT2D eigenvalue weighted by atomic mass is 10.3. The lowest BCUT2D eigenvalue weighted by Crippen LogP contribution is -2.36. The van der Waals surface area contributed by atoms with Crippen LogP contribution >= 0.6 is 24.4 Å². The molecule has 136 valence electrons. The van der Waals surface area contributed by atoms with Crippen LogP contribution in [0.2, 0.25) is 0 Å². The zero-order chi connectivity index (χ0) is 17.2. The summed E-state index contributed by atoms with van der Waals surface area (Å²) in [5.74, 6) is 0. The van der Waals surface area contributed by atoms with Crippen LogP contribution < -0.4 is 31.9 Å². The second-order valence-corrected chi connectivity index (χ2v) is 5.95. The molecule has 8 heteroatoms. The molecule has 0 saturated heterocycles. The number of nitrogens with one attached hydrogen (secondary N) is 6. The van der Waals surface area contributed by atoms with Crippen molar-refractivity contribution in [3.63, 3.8) is 0 Å². The van der Waals surface area contributed by atoms with Crippen LogP contribution in [0, 0.1) is 0 Å². The van der Waals surface area contributed by atoms with E-state index in [-0.39, 0.29) is 0 Å². The standard InChI is InChI=1S/C15H34N6S2/c1-3-18-14(22)20-12-6-10-16-8-5-9-17-11-7-13-21-15(23)19-4-2/h16-17H,3-13H2,1-2H3,(H2,18,20,22)(H2,19,21,23). The maximum atomic E-state index is 5.09. The molecule has 0 radical (unpaired) electrons. The number of hydrogen-bond acceptors (Lipinski definition) is 4. The molecule has 0 rings (SSSR count). The van der Waals surface area contributed by atoms with Crippen LogP contribution in [-0.2, 0) is 0 Å². The molecule has 0 saturated carbocycles. The van der Waals surface area contributed by atoms with Gasteiger partial charge in [0.1, 0.15) is 0 Å². The Balaban J connectivity index is 3.11. The maximum Gasteiger partial charge on any atom is 0.166 e. The first-order chi connectivity index (χ1) is 11.2. The van der Waals surface area contributed by atoms with Gasteiger partial charge in [0.25, 0.3) is 0 Å². The summed E-state index contributed by atoms with van der Waals surface area (Å²) in [6.45, 7) is 11.8. The molecule has 0 bridgehead atoms. The molecular formula is C15H34N6S2. The fourth-order valence-electron chi connectivity index (χ4n) is 1.87. The normalized spacial score (nSPS) is 10.2. The molecule has 0 heterocycles. The molecule has 6 nitrogen and oxygen atoms in total. The van der Waals surface area contributed by atoms with Crippen molar-refractivity contribution >= 4 is 34.7 Å². The zero-order valence-corrected chi connectivity index (χ0v) is 16.2. The Morgan fingerprint density at radius 2 is 0.913 bits per heavy atom. The lowest BCUT2D eigenvalue weighted by Gasteiger charge is -2.10. The van der Waals surface area contributed by atoms with Crippen LogP contribution in [0.5, 0.6) is 0 Å². The van der Waals surface area contributed by atoms with Gasteiger partial charge in [-0.3, -0.25) is 0 Å². The Bertz CT molecular complexity index is 274. The van der Waals surface area contributed by atoms with Crippen molar-refractivity contribution in [2.45, 2.75) is 33.1 Å². The van der Waals surface area contributed by atoms with Crippen molar-refractivity contribution < 1.29 is 0 Å². The Hall–Kier alpha value is -0.700. The summed E-state index contributed by atoms with van der Waals surface area (Å²) in [5.41, 5.74) is 0. The molecular weight excluding hydrogens is 328 g/mol. The van der Waals surface area contributed by atoms with E-state index in [1.165, 1.54) is 0 Å². The van der Waals surface area contributed by atoms with Crippen LogP contribution in [0.15, 0.2) is 0 Å². The van der Waals surface area contributed by atoms with E-state index in [9.17, 15) is 0 Å².